The highest BCUT2D eigenvalue weighted by atomic mass is 15.6. The summed E-state index contributed by atoms with van der Waals surface area (Å²) in [5.74, 6) is 0. The van der Waals surface area contributed by atoms with Crippen molar-refractivity contribution in [2.45, 2.75) is 33.4 Å². The monoisotopic (exact) mass is 191 g/mol. The molecule has 0 aromatic heterocycles. The lowest BCUT2D eigenvalue weighted by Gasteiger charge is -2.26. The van der Waals surface area contributed by atoms with Gasteiger partial charge in [-0.1, -0.05) is 26.8 Å². The van der Waals surface area contributed by atoms with E-state index >= 15 is 0 Å². The lowest BCUT2D eigenvalue weighted by atomic mass is 9.87. The van der Waals surface area contributed by atoms with Crippen LogP contribution >= 0.6 is 0 Å². The molecule has 0 spiro atoms. The van der Waals surface area contributed by atoms with Crippen LogP contribution in [0.3, 0.4) is 0 Å². The molecule has 2 rings (SSSR count). The minimum absolute atomic E-state index is 0.165. The van der Waals surface area contributed by atoms with Gasteiger partial charge in [0.2, 0.25) is 0 Å². The van der Waals surface area contributed by atoms with Crippen molar-refractivity contribution in [3.8, 4) is 0 Å². The smallest absolute Gasteiger partial charge is 0.159 e. The summed E-state index contributed by atoms with van der Waals surface area (Å²) in [7, 11) is 0. The van der Waals surface area contributed by atoms with Crippen LogP contribution in [-0.2, 0) is 0 Å². The number of nitrogens with one attached hydrogen (secondary N) is 1. The van der Waals surface area contributed by atoms with Crippen LogP contribution in [0.4, 0.5) is 0 Å². The van der Waals surface area contributed by atoms with E-state index in [1.807, 2.05) is 5.01 Å². The third-order valence-corrected chi connectivity index (χ3v) is 2.24. The summed E-state index contributed by atoms with van der Waals surface area (Å²) < 4.78 is 0. The molecule has 0 amide bonds. The Kier molecular flexibility index (Phi) is 2.10. The summed E-state index contributed by atoms with van der Waals surface area (Å²) in [5.41, 5.74) is 4.78. The minimum atomic E-state index is 0.165. The van der Waals surface area contributed by atoms with Crippen molar-refractivity contribution in [3.63, 3.8) is 0 Å². The van der Waals surface area contributed by atoms with E-state index in [1.54, 1.807) is 6.34 Å². The van der Waals surface area contributed by atoms with Gasteiger partial charge in [-0.05, 0) is 23.5 Å². The highest BCUT2D eigenvalue weighted by molar-refractivity contribution is 5.57. The van der Waals surface area contributed by atoms with Gasteiger partial charge in [0.05, 0.1) is 0 Å². The molecule has 0 saturated carbocycles. The molecule has 2 aliphatic rings. The van der Waals surface area contributed by atoms with E-state index in [0.29, 0.717) is 5.41 Å². The Balaban J connectivity index is 2.06. The largest absolute Gasteiger partial charge is 0.286 e. The second-order valence-electron chi connectivity index (χ2n) is 5.03. The molecule has 1 atom stereocenters. The van der Waals surface area contributed by atoms with Crippen LogP contribution in [-0.4, -0.2) is 17.5 Å². The third-order valence-electron chi connectivity index (χ3n) is 2.24. The van der Waals surface area contributed by atoms with E-state index in [-0.39, 0.29) is 6.17 Å². The van der Waals surface area contributed by atoms with E-state index in [0.717, 1.165) is 6.42 Å². The van der Waals surface area contributed by atoms with E-state index in [2.05, 4.69) is 49.5 Å². The zero-order valence-electron chi connectivity index (χ0n) is 8.99. The first-order chi connectivity index (χ1) is 6.54. The molecule has 14 heavy (non-hydrogen) atoms. The maximum Gasteiger partial charge on any atom is 0.159 e. The zero-order chi connectivity index (χ0) is 10.2. The second kappa shape index (κ2) is 3.15. The number of rotatable bonds is 1. The van der Waals surface area contributed by atoms with Crippen molar-refractivity contribution in [1.29, 1.82) is 0 Å². The molecule has 2 aliphatic heterocycles. The summed E-state index contributed by atoms with van der Waals surface area (Å²) in [6.07, 6.45) is 9.44. The number of nitrogens with zero attached hydrogens (tertiary/aromatic N) is 2. The van der Waals surface area contributed by atoms with Gasteiger partial charge in [0.15, 0.2) is 6.17 Å². The van der Waals surface area contributed by atoms with Crippen molar-refractivity contribution >= 4 is 6.34 Å². The molecule has 1 unspecified atom stereocenters. The number of fused-ring (bicyclic) bond motifs is 1. The zero-order valence-corrected chi connectivity index (χ0v) is 8.99. The van der Waals surface area contributed by atoms with E-state index < -0.39 is 0 Å². The van der Waals surface area contributed by atoms with Crippen molar-refractivity contribution in [2.75, 3.05) is 0 Å². The summed E-state index contributed by atoms with van der Waals surface area (Å²) in [5, 5.41) is 2.03. The highest BCUT2D eigenvalue weighted by Gasteiger charge is 2.21. The third kappa shape index (κ3) is 1.97. The summed E-state index contributed by atoms with van der Waals surface area (Å²) in [4.78, 5) is 4.25. The molecule has 0 bridgehead atoms. The molecule has 0 fully saturated rings. The topological polar surface area (TPSA) is 27.6 Å². The van der Waals surface area contributed by atoms with Gasteiger partial charge in [-0.3, -0.25) is 10.4 Å². The van der Waals surface area contributed by atoms with Crippen LogP contribution in [0.15, 0.2) is 28.9 Å². The number of hydrogen-bond acceptors (Lipinski definition) is 3. The molecule has 3 heteroatoms. The molecular weight excluding hydrogens is 174 g/mol. The van der Waals surface area contributed by atoms with Gasteiger partial charge in [0, 0.05) is 6.20 Å². The summed E-state index contributed by atoms with van der Waals surface area (Å²) in [6.45, 7) is 6.75. The Hall–Kier alpha value is -1.25. The van der Waals surface area contributed by atoms with Crippen LogP contribution in [0.5, 0.6) is 0 Å². The Morgan fingerprint density at radius 2 is 2.29 bits per heavy atom. The summed E-state index contributed by atoms with van der Waals surface area (Å²) in [6, 6.07) is 0. The van der Waals surface area contributed by atoms with Crippen molar-refractivity contribution in [1.82, 2.24) is 10.4 Å². The van der Waals surface area contributed by atoms with Crippen molar-refractivity contribution in [2.24, 2.45) is 10.4 Å². The normalized spacial score (nSPS) is 24.6. The van der Waals surface area contributed by atoms with E-state index in [9.17, 15) is 0 Å². The fourth-order valence-corrected chi connectivity index (χ4v) is 1.73. The SMILES string of the molecule is CC(C)(C)CC1=CN2NC=NC2C=C1. The lowest BCUT2D eigenvalue weighted by molar-refractivity contribution is 0.306. The fraction of sp³-hybridized carbons (Fsp3) is 0.545. The maximum absolute atomic E-state index is 4.25. The van der Waals surface area contributed by atoms with Gasteiger partial charge in [-0.15, -0.1) is 0 Å². The Labute approximate surface area is 85.2 Å². The average molecular weight is 191 g/mol. The van der Waals surface area contributed by atoms with Crippen LogP contribution in [0.1, 0.15) is 27.2 Å². The molecule has 0 saturated heterocycles. The Bertz CT molecular complexity index is 307. The predicted octanol–water partition coefficient (Wildman–Crippen LogP) is 2.05. The van der Waals surface area contributed by atoms with Crippen LogP contribution in [0.25, 0.3) is 0 Å². The molecular formula is C11H17N3. The number of aliphatic imine (C=N–C) groups is 1. The molecule has 3 nitrogen and oxygen atoms in total. The van der Waals surface area contributed by atoms with E-state index in [1.165, 1.54) is 5.57 Å². The first-order valence-corrected chi connectivity index (χ1v) is 5.00. The van der Waals surface area contributed by atoms with Gasteiger partial charge < -0.3 is 0 Å². The first-order valence-electron chi connectivity index (χ1n) is 5.00. The Morgan fingerprint density at radius 3 is 3.00 bits per heavy atom. The maximum atomic E-state index is 4.25. The molecule has 0 aromatic rings. The quantitative estimate of drug-likeness (QED) is 0.687. The molecule has 1 N–H and O–H groups in total. The van der Waals surface area contributed by atoms with Gasteiger partial charge in [-0.25, -0.2) is 4.99 Å². The first kappa shape index (κ1) is 9.31. The van der Waals surface area contributed by atoms with Crippen molar-refractivity contribution < 1.29 is 0 Å². The molecule has 0 aromatic carbocycles. The lowest BCUT2D eigenvalue weighted by Crippen LogP contribution is -2.34. The van der Waals surface area contributed by atoms with Gasteiger partial charge in [0.1, 0.15) is 6.34 Å². The van der Waals surface area contributed by atoms with Crippen LogP contribution < -0.4 is 5.43 Å². The Morgan fingerprint density at radius 1 is 1.50 bits per heavy atom. The van der Waals surface area contributed by atoms with Crippen LogP contribution in [0, 0.1) is 5.41 Å². The molecule has 2 heterocycles. The molecule has 0 aliphatic carbocycles. The van der Waals surface area contributed by atoms with Gasteiger partial charge in [-0.2, -0.15) is 0 Å². The fourth-order valence-electron chi connectivity index (χ4n) is 1.73. The highest BCUT2D eigenvalue weighted by Crippen LogP contribution is 2.27. The van der Waals surface area contributed by atoms with Gasteiger partial charge >= 0.3 is 0 Å². The van der Waals surface area contributed by atoms with Crippen molar-refractivity contribution in [3.05, 3.63) is 23.9 Å². The predicted molar refractivity (Wildman–Crippen MR) is 58.5 cm³/mol. The van der Waals surface area contributed by atoms with Crippen LogP contribution in [0.2, 0.25) is 0 Å². The number of hydrazine groups is 1. The number of hydrogen-bond donors (Lipinski definition) is 1. The minimum Gasteiger partial charge on any atom is -0.286 e. The molecule has 76 valence electrons. The second-order valence-corrected chi connectivity index (χ2v) is 5.03. The standard InChI is InChI=1S/C11H17N3/c1-11(2,3)6-9-4-5-10-12-8-13-14(10)7-9/h4-5,7-8,10H,6H2,1-3H3,(H,12,13). The number of allylic oxidation sites excluding steroid dienone is 2. The summed E-state index contributed by atoms with van der Waals surface area (Å²) >= 11 is 0. The van der Waals surface area contributed by atoms with Gasteiger partial charge in [0.25, 0.3) is 0 Å². The van der Waals surface area contributed by atoms with E-state index in [4.69, 9.17) is 0 Å². The average Bonchev–Trinajstić information content (AvgIpc) is 2.47. The molecule has 0 radical (unpaired) electrons.